The molecule has 62 heavy (non-hydrogen) atoms. The lowest BCUT2D eigenvalue weighted by Crippen LogP contribution is -2.75. The van der Waals surface area contributed by atoms with E-state index in [1.54, 1.807) is 12.8 Å². The lowest BCUT2D eigenvalue weighted by Gasteiger charge is -2.64. The fourth-order valence-corrected chi connectivity index (χ4v) is 16.4. The van der Waals surface area contributed by atoms with Crippen LogP contribution in [0.3, 0.4) is 0 Å². The largest absolute Gasteiger partial charge is 0.380 e. The average Bonchev–Trinajstić information content (AvgIpc) is 3.75. The van der Waals surface area contributed by atoms with Crippen LogP contribution < -0.4 is 26.8 Å². The molecule has 0 radical (unpaired) electrons. The predicted molar refractivity (Wildman–Crippen MR) is 247 cm³/mol. The van der Waals surface area contributed by atoms with Gasteiger partial charge in [0.05, 0.1) is 60.0 Å². The Labute approximate surface area is 378 Å². The fraction of sp³-hybridized carbons (Fsp3) is 0.938. The Hall–Kier alpha value is -1.38. The molecule has 3 aliphatic carbocycles. The Bertz CT molecular complexity index is 1630. The van der Waals surface area contributed by atoms with Crippen LogP contribution in [0.5, 0.6) is 0 Å². The third kappa shape index (κ3) is 8.58. The summed E-state index contributed by atoms with van der Waals surface area (Å²) in [5.41, 5.74) is 8.30. The smallest absolute Gasteiger partial charge is 0.225 e. The zero-order valence-electron chi connectivity index (χ0n) is 39.6. The first-order valence-electron chi connectivity index (χ1n) is 25.0. The molecule has 14 heteroatoms. The summed E-state index contributed by atoms with van der Waals surface area (Å²) in [6, 6.07) is 3.47. The lowest BCUT2D eigenvalue weighted by molar-refractivity contribution is -0.239. The number of nitriles is 1. The minimum atomic E-state index is -0.193. The van der Waals surface area contributed by atoms with E-state index in [9.17, 15) is 10.1 Å². The number of amides is 1. The van der Waals surface area contributed by atoms with Crippen molar-refractivity contribution in [3.8, 4) is 6.07 Å². The van der Waals surface area contributed by atoms with Crippen LogP contribution in [-0.2, 0) is 14.3 Å². The van der Waals surface area contributed by atoms with Crippen molar-refractivity contribution >= 4 is 23.4 Å². The summed E-state index contributed by atoms with van der Waals surface area (Å²) in [6.45, 7) is 24.7. The van der Waals surface area contributed by atoms with E-state index >= 15 is 0 Å². The van der Waals surface area contributed by atoms with Crippen LogP contribution in [0, 0.1) is 63.6 Å². The van der Waals surface area contributed by atoms with Gasteiger partial charge in [0.15, 0.2) is 0 Å². The molecule has 0 aromatic carbocycles. The molecule has 5 N–H and O–H groups in total. The average molecular weight is 879 g/mol. The third-order valence-corrected chi connectivity index (χ3v) is 19.7. The highest BCUT2D eigenvalue weighted by Crippen LogP contribution is 2.57. The molecule has 348 valence electrons. The maximum absolute atomic E-state index is 13.7. The maximum Gasteiger partial charge on any atom is 0.225 e. The van der Waals surface area contributed by atoms with Gasteiger partial charge in [0.25, 0.3) is 0 Å². The number of hydrazine groups is 1. The summed E-state index contributed by atoms with van der Waals surface area (Å²) in [5, 5.41) is 21.6. The van der Waals surface area contributed by atoms with Crippen molar-refractivity contribution in [3.05, 3.63) is 0 Å². The van der Waals surface area contributed by atoms with E-state index in [-0.39, 0.29) is 71.4 Å². The van der Waals surface area contributed by atoms with E-state index in [4.69, 9.17) is 14.5 Å². The van der Waals surface area contributed by atoms with E-state index < -0.39 is 0 Å². The number of thioether (sulfide) groups is 1. The minimum Gasteiger partial charge on any atom is -0.380 e. The summed E-state index contributed by atoms with van der Waals surface area (Å²) in [6.07, 6.45) is 12.4. The first kappa shape index (κ1) is 45.8. The van der Waals surface area contributed by atoms with Crippen molar-refractivity contribution in [1.82, 2.24) is 41.5 Å². The number of fused-ring (bicyclic) bond motifs is 3. The summed E-state index contributed by atoms with van der Waals surface area (Å²) >= 11 is 2.19. The molecule has 0 aromatic heterocycles. The number of likely N-dealkylation sites (tertiary alicyclic amines) is 2. The highest BCUT2D eigenvalue weighted by Gasteiger charge is 2.64. The summed E-state index contributed by atoms with van der Waals surface area (Å²) in [4.78, 5) is 27.4. The topological polar surface area (TPSA) is 142 Å². The van der Waals surface area contributed by atoms with Crippen LogP contribution in [0.2, 0.25) is 0 Å². The van der Waals surface area contributed by atoms with Crippen LogP contribution in [0.4, 0.5) is 0 Å². The molecule has 8 fully saturated rings. The van der Waals surface area contributed by atoms with Gasteiger partial charge < -0.3 is 14.8 Å². The summed E-state index contributed by atoms with van der Waals surface area (Å²) in [5.74, 6) is 3.52. The van der Waals surface area contributed by atoms with Gasteiger partial charge in [-0.15, -0.1) is 11.8 Å². The Morgan fingerprint density at radius 2 is 1.61 bits per heavy atom. The Morgan fingerprint density at radius 1 is 0.919 bits per heavy atom. The number of hydrogen-bond donors (Lipinski definition) is 5. The molecule has 1 amide bonds. The highest BCUT2D eigenvalue weighted by atomic mass is 32.2. The van der Waals surface area contributed by atoms with Crippen LogP contribution in [-0.4, -0.2) is 138 Å². The zero-order valence-corrected chi connectivity index (χ0v) is 40.4. The van der Waals surface area contributed by atoms with E-state index in [1.165, 1.54) is 58.0 Å². The zero-order chi connectivity index (χ0) is 43.7. The molecule has 3 saturated carbocycles. The molecule has 9 rings (SSSR count). The first-order chi connectivity index (χ1) is 29.7. The molecule has 6 heterocycles. The van der Waals surface area contributed by atoms with Crippen molar-refractivity contribution in [2.45, 2.75) is 185 Å². The number of nitrogens with zero attached hydrogens (tertiary/aromatic N) is 5. The molecule has 9 aliphatic rings. The number of nitrogens with one attached hydrogen (secondary N) is 5. The van der Waals surface area contributed by atoms with E-state index in [0.29, 0.717) is 47.6 Å². The summed E-state index contributed by atoms with van der Waals surface area (Å²) in [7, 11) is 1.70. The molecular formula is C48H82N10O3S. The van der Waals surface area contributed by atoms with Crippen molar-refractivity contribution < 1.29 is 14.3 Å². The van der Waals surface area contributed by atoms with Gasteiger partial charge >= 0.3 is 0 Å². The van der Waals surface area contributed by atoms with Crippen LogP contribution in [0.15, 0.2) is 4.99 Å². The van der Waals surface area contributed by atoms with Crippen LogP contribution >= 0.6 is 11.8 Å². The molecular weight excluding hydrogens is 797 g/mol. The Kier molecular flexibility index (Phi) is 13.6. The van der Waals surface area contributed by atoms with Crippen molar-refractivity contribution in [1.29, 1.82) is 5.26 Å². The number of hydrogen-bond acceptors (Lipinski definition) is 13. The van der Waals surface area contributed by atoms with Gasteiger partial charge in [-0.2, -0.15) is 5.26 Å². The van der Waals surface area contributed by atoms with Crippen molar-refractivity contribution in [2.75, 3.05) is 46.4 Å². The molecule has 9 unspecified atom stereocenters. The van der Waals surface area contributed by atoms with Gasteiger partial charge in [-0.25, -0.2) is 10.9 Å². The number of carbonyl (C=O) groups excluding carboxylic acids is 1. The number of aliphatic imine (C=N–C) groups is 1. The van der Waals surface area contributed by atoms with E-state index in [1.807, 2.05) is 0 Å². The second-order valence-corrected chi connectivity index (χ2v) is 24.3. The van der Waals surface area contributed by atoms with Gasteiger partial charge in [0, 0.05) is 92.6 Å². The molecule has 5 saturated heterocycles. The number of methoxy groups -OCH3 is 1. The SMILES string of the molecule is COC1CC(OC2C(C)(C)C(NC(=O)C3CNC(N4CCC(CC5CN(C6CCC(C7=N[C@@H](C)C8NNC(C)N8C8SC(C)C(C)C78)CC6)C5)CC4)NC3)C2(C)C)CCC1C#N. The van der Waals surface area contributed by atoms with E-state index in [0.717, 1.165) is 50.2 Å². The second-order valence-electron chi connectivity index (χ2n) is 22.8. The lowest BCUT2D eigenvalue weighted by atomic mass is 9.49. The molecule has 0 spiro atoms. The van der Waals surface area contributed by atoms with Gasteiger partial charge in [-0.05, 0) is 95.3 Å². The van der Waals surface area contributed by atoms with Gasteiger partial charge in [0.2, 0.25) is 5.91 Å². The summed E-state index contributed by atoms with van der Waals surface area (Å²) < 4.78 is 12.4. The number of carbonyl (C=O) groups is 1. The molecule has 10 atom stereocenters. The Balaban J connectivity index is 0.672. The molecule has 0 bridgehead atoms. The molecule has 0 aromatic rings. The Morgan fingerprint density at radius 3 is 2.27 bits per heavy atom. The quantitative estimate of drug-likeness (QED) is 0.203. The number of ether oxygens (including phenoxy) is 2. The van der Waals surface area contributed by atoms with Crippen LogP contribution in [0.25, 0.3) is 0 Å². The van der Waals surface area contributed by atoms with Gasteiger partial charge in [-0.3, -0.25) is 35.1 Å². The minimum absolute atomic E-state index is 0.0211. The molecule has 6 aliphatic heterocycles. The van der Waals surface area contributed by atoms with Crippen molar-refractivity contribution in [2.24, 2.45) is 57.2 Å². The van der Waals surface area contributed by atoms with Crippen molar-refractivity contribution in [3.63, 3.8) is 0 Å². The number of rotatable bonds is 10. The normalized spacial score (nSPS) is 45.5. The molecule has 13 nitrogen and oxygen atoms in total. The van der Waals surface area contributed by atoms with Gasteiger partial charge in [-0.1, -0.05) is 41.5 Å². The monoisotopic (exact) mass is 879 g/mol. The standard InChI is InChI=1S/C48H82N10O3S/c1-27-29(3)62-43-39(27)40(52-28(2)41-55-54-30(4)58(41)43)33-10-13-36(14-11-33)57-25-32(26-57)20-31-16-18-56(19-17-31)46-50-23-35(24-51-46)42(59)53-44-47(5,6)45(48(44,7)8)61-37-15-12-34(22-49)38(21-37)60-9/h27-39,41,43-46,50-51,54-55H,10-21,23-26H2,1-9H3,(H,53,59)/t27?,28-,29?,30?,33?,34?,35?,36?,37?,38?,39?,41?,43?,44?,45?,46?/m0/s1. The third-order valence-electron chi connectivity index (χ3n) is 18.1. The first-order valence-corrected chi connectivity index (χ1v) is 26.0. The highest BCUT2D eigenvalue weighted by molar-refractivity contribution is 8.00. The second kappa shape index (κ2) is 18.4. The van der Waals surface area contributed by atoms with Gasteiger partial charge in [0.1, 0.15) is 6.29 Å². The van der Waals surface area contributed by atoms with E-state index in [2.05, 4.69) is 115 Å². The van der Waals surface area contributed by atoms with Crippen LogP contribution in [0.1, 0.15) is 120 Å². The predicted octanol–water partition coefficient (Wildman–Crippen LogP) is 4.95. The maximum atomic E-state index is 13.7. The fourth-order valence-electron chi connectivity index (χ4n) is 14.5. The number of piperidine rings is 1.